The van der Waals surface area contributed by atoms with Crippen LogP contribution in [-0.2, 0) is 17.6 Å². The van der Waals surface area contributed by atoms with Crippen LogP contribution in [0.4, 0.5) is 8.78 Å². The third-order valence-electron chi connectivity index (χ3n) is 2.75. The second-order valence-corrected chi connectivity index (χ2v) is 5.39. The Bertz CT molecular complexity index is 620. The SMILES string of the molecule is CCCc1nc(-c2c(F)cccc2F)sc1CC(=O)O. The van der Waals surface area contributed by atoms with Crippen LogP contribution in [0.5, 0.6) is 0 Å². The Morgan fingerprint density at radius 3 is 2.55 bits per heavy atom. The number of hydrogen-bond donors (Lipinski definition) is 1. The molecule has 0 radical (unpaired) electrons. The number of aliphatic carboxylic acids is 1. The van der Waals surface area contributed by atoms with Crippen LogP contribution in [0.3, 0.4) is 0 Å². The van der Waals surface area contributed by atoms with Crippen molar-refractivity contribution in [2.75, 3.05) is 0 Å². The zero-order chi connectivity index (χ0) is 14.7. The maximum atomic E-state index is 13.7. The maximum absolute atomic E-state index is 13.7. The van der Waals surface area contributed by atoms with E-state index in [0.29, 0.717) is 17.0 Å². The van der Waals surface area contributed by atoms with Gasteiger partial charge >= 0.3 is 5.97 Å². The summed E-state index contributed by atoms with van der Waals surface area (Å²) in [7, 11) is 0. The minimum absolute atomic E-state index is 0.178. The highest BCUT2D eigenvalue weighted by Gasteiger charge is 2.19. The van der Waals surface area contributed by atoms with Crippen molar-refractivity contribution in [3.8, 4) is 10.6 Å². The van der Waals surface area contributed by atoms with Gasteiger partial charge in [-0.1, -0.05) is 19.4 Å². The van der Waals surface area contributed by atoms with Gasteiger partial charge in [-0.2, -0.15) is 0 Å². The Kier molecular flexibility index (Phi) is 4.44. The van der Waals surface area contributed by atoms with Gasteiger partial charge in [0.15, 0.2) is 0 Å². The summed E-state index contributed by atoms with van der Waals surface area (Å²) in [6.45, 7) is 1.94. The van der Waals surface area contributed by atoms with Crippen molar-refractivity contribution in [2.45, 2.75) is 26.2 Å². The number of hydrogen-bond acceptors (Lipinski definition) is 3. The summed E-state index contributed by atoms with van der Waals surface area (Å²) in [5, 5.41) is 9.07. The number of carboxylic acid groups (broad SMARTS) is 1. The first-order valence-electron chi connectivity index (χ1n) is 6.17. The van der Waals surface area contributed by atoms with Gasteiger partial charge < -0.3 is 5.11 Å². The third kappa shape index (κ3) is 3.01. The molecule has 106 valence electrons. The second-order valence-electron chi connectivity index (χ2n) is 4.31. The molecule has 0 saturated heterocycles. The van der Waals surface area contributed by atoms with Crippen molar-refractivity contribution < 1.29 is 18.7 Å². The van der Waals surface area contributed by atoms with E-state index in [1.807, 2.05) is 6.92 Å². The number of rotatable bonds is 5. The van der Waals surface area contributed by atoms with E-state index in [0.717, 1.165) is 29.9 Å². The van der Waals surface area contributed by atoms with E-state index >= 15 is 0 Å². The van der Waals surface area contributed by atoms with E-state index < -0.39 is 17.6 Å². The molecule has 1 aromatic carbocycles. The lowest BCUT2D eigenvalue weighted by Crippen LogP contribution is -2.01. The quantitative estimate of drug-likeness (QED) is 0.916. The van der Waals surface area contributed by atoms with Gasteiger partial charge in [0.05, 0.1) is 17.7 Å². The minimum Gasteiger partial charge on any atom is -0.481 e. The minimum atomic E-state index is -0.980. The average molecular weight is 297 g/mol. The number of thiazole rings is 1. The molecule has 0 aliphatic rings. The molecule has 0 aliphatic heterocycles. The molecule has 1 N–H and O–H groups in total. The molecule has 3 nitrogen and oxygen atoms in total. The number of aryl methyl sites for hydroxylation is 1. The Balaban J connectivity index is 2.50. The molecule has 20 heavy (non-hydrogen) atoms. The molecule has 6 heteroatoms. The van der Waals surface area contributed by atoms with Crippen molar-refractivity contribution in [1.82, 2.24) is 4.98 Å². The van der Waals surface area contributed by atoms with E-state index in [9.17, 15) is 13.6 Å². The summed E-state index contributed by atoms with van der Waals surface area (Å²) in [4.78, 5) is 15.6. The smallest absolute Gasteiger partial charge is 0.308 e. The highest BCUT2D eigenvalue weighted by Crippen LogP contribution is 2.32. The van der Waals surface area contributed by atoms with Crippen LogP contribution in [0.2, 0.25) is 0 Å². The highest BCUT2D eigenvalue weighted by molar-refractivity contribution is 7.15. The van der Waals surface area contributed by atoms with Crippen molar-refractivity contribution in [1.29, 1.82) is 0 Å². The first-order valence-corrected chi connectivity index (χ1v) is 6.99. The summed E-state index contributed by atoms with van der Waals surface area (Å²) < 4.78 is 27.5. The number of nitrogens with zero attached hydrogens (tertiary/aromatic N) is 1. The molecule has 1 heterocycles. The lowest BCUT2D eigenvalue weighted by atomic mass is 10.2. The number of carbonyl (C=O) groups is 1. The van der Waals surface area contributed by atoms with Gasteiger partial charge in [0, 0.05) is 4.88 Å². The Morgan fingerprint density at radius 2 is 2.00 bits per heavy atom. The Morgan fingerprint density at radius 1 is 1.35 bits per heavy atom. The first-order chi connectivity index (χ1) is 9.52. The normalized spacial score (nSPS) is 10.8. The van der Waals surface area contributed by atoms with E-state index in [-0.39, 0.29) is 17.0 Å². The summed E-state index contributed by atoms with van der Waals surface area (Å²) in [5.74, 6) is -2.36. The maximum Gasteiger partial charge on any atom is 0.308 e. The lowest BCUT2D eigenvalue weighted by Gasteiger charge is -1.99. The van der Waals surface area contributed by atoms with Gasteiger partial charge in [-0.15, -0.1) is 11.3 Å². The first kappa shape index (κ1) is 14.6. The second kappa shape index (κ2) is 6.09. The number of aromatic nitrogens is 1. The molecular weight excluding hydrogens is 284 g/mol. The highest BCUT2D eigenvalue weighted by atomic mass is 32.1. The van der Waals surface area contributed by atoms with Crippen molar-refractivity contribution >= 4 is 17.3 Å². The number of halogens is 2. The topological polar surface area (TPSA) is 50.2 Å². The summed E-state index contributed by atoms with van der Waals surface area (Å²) in [6, 6.07) is 3.61. The molecule has 1 aromatic heterocycles. The van der Waals surface area contributed by atoms with Crippen LogP contribution < -0.4 is 0 Å². The molecule has 0 aliphatic carbocycles. The molecule has 0 spiro atoms. The van der Waals surface area contributed by atoms with Crippen LogP contribution >= 0.6 is 11.3 Å². The number of benzene rings is 1. The van der Waals surface area contributed by atoms with Crippen molar-refractivity contribution in [3.05, 3.63) is 40.4 Å². The molecule has 0 bridgehead atoms. The van der Waals surface area contributed by atoms with Gasteiger partial charge in [-0.3, -0.25) is 4.79 Å². The van der Waals surface area contributed by atoms with E-state index in [1.165, 1.54) is 6.07 Å². The van der Waals surface area contributed by atoms with Gasteiger partial charge in [0.25, 0.3) is 0 Å². The zero-order valence-electron chi connectivity index (χ0n) is 10.8. The van der Waals surface area contributed by atoms with Crippen LogP contribution in [-0.4, -0.2) is 16.1 Å². The van der Waals surface area contributed by atoms with Crippen LogP contribution in [0.1, 0.15) is 23.9 Å². The van der Waals surface area contributed by atoms with Gasteiger partial charge in [-0.25, -0.2) is 13.8 Å². The molecule has 0 amide bonds. The van der Waals surface area contributed by atoms with Crippen LogP contribution in [0.15, 0.2) is 18.2 Å². The fourth-order valence-electron chi connectivity index (χ4n) is 1.90. The average Bonchev–Trinajstić information content (AvgIpc) is 2.71. The van der Waals surface area contributed by atoms with Gasteiger partial charge in [0.1, 0.15) is 16.6 Å². The Labute approximate surface area is 118 Å². The monoisotopic (exact) mass is 297 g/mol. The molecule has 2 aromatic rings. The van der Waals surface area contributed by atoms with Crippen molar-refractivity contribution in [3.63, 3.8) is 0 Å². The molecule has 0 saturated carbocycles. The fraction of sp³-hybridized carbons (Fsp3) is 0.286. The lowest BCUT2D eigenvalue weighted by molar-refractivity contribution is -0.136. The van der Waals surface area contributed by atoms with Gasteiger partial charge in [-0.05, 0) is 18.6 Å². The largest absolute Gasteiger partial charge is 0.481 e. The molecule has 2 rings (SSSR count). The van der Waals surface area contributed by atoms with Crippen molar-refractivity contribution in [2.24, 2.45) is 0 Å². The molecule has 0 atom stereocenters. The summed E-state index contributed by atoms with van der Waals surface area (Å²) in [6.07, 6.45) is 1.20. The molecule has 0 unspecified atom stereocenters. The van der Waals surface area contributed by atoms with Gasteiger partial charge in [0.2, 0.25) is 0 Å². The summed E-state index contributed by atoms with van der Waals surface area (Å²) >= 11 is 1.04. The Hall–Kier alpha value is -1.82. The third-order valence-corrected chi connectivity index (χ3v) is 3.87. The van der Waals surface area contributed by atoms with Crippen LogP contribution in [0.25, 0.3) is 10.6 Å². The molecule has 0 fully saturated rings. The molecular formula is C14H13F2NO2S. The van der Waals surface area contributed by atoms with E-state index in [4.69, 9.17) is 5.11 Å². The fourth-order valence-corrected chi connectivity index (χ4v) is 3.05. The van der Waals surface area contributed by atoms with E-state index in [2.05, 4.69) is 4.98 Å². The number of carboxylic acids is 1. The van der Waals surface area contributed by atoms with E-state index in [1.54, 1.807) is 0 Å². The standard InChI is InChI=1S/C14H13F2NO2S/c1-2-4-10-11(7-12(18)19)20-14(17-10)13-8(15)5-3-6-9(13)16/h3,5-6H,2,4,7H2,1H3,(H,18,19). The van der Waals surface area contributed by atoms with Crippen LogP contribution in [0, 0.1) is 11.6 Å². The predicted molar refractivity (Wildman–Crippen MR) is 72.8 cm³/mol. The summed E-state index contributed by atoms with van der Waals surface area (Å²) in [5.41, 5.74) is 0.420. The predicted octanol–water partition coefficient (Wildman–Crippen LogP) is 3.67. The zero-order valence-corrected chi connectivity index (χ0v) is 11.6.